The fourth-order valence-electron chi connectivity index (χ4n) is 1.27. The van der Waals surface area contributed by atoms with E-state index in [-0.39, 0.29) is 23.8 Å². The molecule has 1 atom stereocenters. The Morgan fingerprint density at radius 2 is 2.08 bits per heavy atom. The van der Waals surface area contributed by atoms with Crippen LogP contribution in [0.25, 0.3) is 0 Å². The van der Waals surface area contributed by atoms with Crippen LogP contribution in [0.3, 0.4) is 0 Å². The van der Waals surface area contributed by atoms with Crippen LogP contribution < -0.4 is 5.73 Å². The molecule has 12 heavy (non-hydrogen) atoms. The van der Waals surface area contributed by atoms with Crippen molar-refractivity contribution < 1.29 is 18.3 Å². The molecule has 0 aromatic carbocycles. The Bertz CT molecular complexity index is 272. The number of hydrogen-bond donors (Lipinski definition) is 2. The standard InChI is InChI=1S/C6H11NO4S/c7-5(6(8)9)1-4-2-12(10,11)3-4/h4-5H,1-3,7H2,(H,8,9). The second-order valence-corrected chi connectivity index (χ2v) is 5.28. The number of sulfone groups is 1. The molecule has 1 rings (SSSR count). The number of rotatable bonds is 3. The first-order valence-corrected chi connectivity index (χ1v) is 5.41. The molecule has 5 nitrogen and oxygen atoms in total. The molecule has 0 aliphatic carbocycles. The SMILES string of the molecule is NC(CC1CS(=O)(=O)C1)C(=O)O. The molecule has 0 radical (unpaired) electrons. The molecule has 1 saturated heterocycles. The lowest BCUT2D eigenvalue weighted by atomic mass is 10.0. The summed E-state index contributed by atoms with van der Waals surface area (Å²) in [7, 11) is -2.85. The van der Waals surface area contributed by atoms with Crippen LogP contribution in [0.4, 0.5) is 0 Å². The van der Waals surface area contributed by atoms with Crippen LogP contribution in [-0.2, 0) is 14.6 Å². The first-order valence-electron chi connectivity index (χ1n) is 3.59. The zero-order valence-electron chi connectivity index (χ0n) is 6.43. The van der Waals surface area contributed by atoms with Gasteiger partial charge in [0, 0.05) is 0 Å². The molecule has 1 heterocycles. The first kappa shape index (κ1) is 9.47. The third-order valence-corrected chi connectivity index (χ3v) is 3.84. The highest BCUT2D eigenvalue weighted by Crippen LogP contribution is 2.22. The van der Waals surface area contributed by atoms with Crippen LogP contribution >= 0.6 is 0 Å². The minimum atomic E-state index is -2.85. The quantitative estimate of drug-likeness (QED) is 0.588. The van der Waals surface area contributed by atoms with Crippen molar-refractivity contribution in [2.45, 2.75) is 12.5 Å². The van der Waals surface area contributed by atoms with Gasteiger partial charge in [0.05, 0.1) is 11.5 Å². The lowest BCUT2D eigenvalue weighted by molar-refractivity contribution is -0.138. The van der Waals surface area contributed by atoms with Crippen LogP contribution in [0.2, 0.25) is 0 Å². The third kappa shape index (κ3) is 2.18. The maximum absolute atomic E-state index is 10.7. The number of nitrogens with two attached hydrogens (primary N) is 1. The second kappa shape index (κ2) is 3.02. The predicted octanol–water partition coefficient (Wildman–Crippen LogP) is -1.17. The zero-order valence-corrected chi connectivity index (χ0v) is 7.25. The third-order valence-electron chi connectivity index (χ3n) is 1.88. The smallest absolute Gasteiger partial charge is 0.320 e. The van der Waals surface area contributed by atoms with E-state index in [2.05, 4.69) is 0 Å². The van der Waals surface area contributed by atoms with E-state index in [9.17, 15) is 13.2 Å². The largest absolute Gasteiger partial charge is 0.480 e. The van der Waals surface area contributed by atoms with Crippen molar-refractivity contribution in [1.29, 1.82) is 0 Å². The summed E-state index contributed by atoms with van der Waals surface area (Å²) in [6.45, 7) is 0. The Balaban J connectivity index is 2.32. The molecular formula is C6H11NO4S. The van der Waals surface area contributed by atoms with Gasteiger partial charge in [0.1, 0.15) is 6.04 Å². The Morgan fingerprint density at radius 3 is 2.42 bits per heavy atom. The summed E-state index contributed by atoms with van der Waals surface area (Å²) < 4.78 is 21.3. The molecule has 3 N–H and O–H groups in total. The van der Waals surface area contributed by atoms with Gasteiger partial charge in [-0.15, -0.1) is 0 Å². The molecule has 1 aliphatic heterocycles. The average molecular weight is 193 g/mol. The first-order chi connectivity index (χ1) is 5.41. The van der Waals surface area contributed by atoms with Crippen molar-refractivity contribution >= 4 is 15.8 Å². The van der Waals surface area contributed by atoms with Crippen molar-refractivity contribution in [2.24, 2.45) is 11.7 Å². The van der Waals surface area contributed by atoms with Gasteiger partial charge in [0.2, 0.25) is 0 Å². The molecule has 0 spiro atoms. The zero-order chi connectivity index (χ0) is 9.35. The highest BCUT2D eigenvalue weighted by atomic mass is 32.2. The van der Waals surface area contributed by atoms with Gasteiger partial charge in [0.25, 0.3) is 0 Å². The van der Waals surface area contributed by atoms with Gasteiger partial charge in [-0.3, -0.25) is 4.79 Å². The van der Waals surface area contributed by atoms with Gasteiger partial charge in [-0.1, -0.05) is 0 Å². The van der Waals surface area contributed by atoms with Gasteiger partial charge in [-0.05, 0) is 12.3 Å². The van der Waals surface area contributed by atoms with E-state index < -0.39 is 21.8 Å². The summed E-state index contributed by atoms with van der Waals surface area (Å²) in [6, 6.07) is -0.925. The summed E-state index contributed by atoms with van der Waals surface area (Å²) in [6.07, 6.45) is 0.258. The van der Waals surface area contributed by atoms with Crippen molar-refractivity contribution in [3.8, 4) is 0 Å². The summed E-state index contributed by atoms with van der Waals surface area (Å²) >= 11 is 0. The van der Waals surface area contributed by atoms with Crippen LogP contribution in [0, 0.1) is 5.92 Å². The van der Waals surface area contributed by atoms with E-state index in [4.69, 9.17) is 10.8 Å². The van der Waals surface area contributed by atoms with Crippen molar-refractivity contribution in [1.82, 2.24) is 0 Å². The van der Waals surface area contributed by atoms with E-state index in [1.54, 1.807) is 0 Å². The molecular weight excluding hydrogens is 182 g/mol. The van der Waals surface area contributed by atoms with Crippen molar-refractivity contribution in [2.75, 3.05) is 11.5 Å². The predicted molar refractivity (Wildman–Crippen MR) is 42.4 cm³/mol. The van der Waals surface area contributed by atoms with Gasteiger partial charge in [-0.2, -0.15) is 0 Å². The average Bonchev–Trinajstić information content (AvgIpc) is 1.83. The maximum atomic E-state index is 10.7. The molecule has 1 unspecified atom stereocenters. The Morgan fingerprint density at radius 1 is 1.58 bits per heavy atom. The summed E-state index contributed by atoms with van der Waals surface area (Å²) in [5, 5.41) is 8.41. The van der Waals surface area contributed by atoms with E-state index in [0.717, 1.165) is 0 Å². The van der Waals surface area contributed by atoms with E-state index in [0.29, 0.717) is 0 Å². The number of hydrogen-bond acceptors (Lipinski definition) is 4. The summed E-state index contributed by atoms with van der Waals surface area (Å²) in [5.41, 5.74) is 5.22. The van der Waals surface area contributed by atoms with Gasteiger partial charge < -0.3 is 10.8 Å². The van der Waals surface area contributed by atoms with E-state index >= 15 is 0 Å². The highest BCUT2D eigenvalue weighted by Gasteiger charge is 2.35. The fourth-order valence-corrected chi connectivity index (χ4v) is 2.88. The number of carbonyl (C=O) groups is 1. The fraction of sp³-hybridized carbons (Fsp3) is 0.833. The molecule has 1 fully saturated rings. The lowest BCUT2D eigenvalue weighted by Gasteiger charge is -2.26. The normalized spacial score (nSPS) is 24.4. The monoisotopic (exact) mass is 193 g/mol. The number of carboxylic acid groups (broad SMARTS) is 1. The minimum absolute atomic E-state index is 0.0545. The van der Waals surface area contributed by atoms with Crippen LogP contribution in [0.15, 0.2) is 0 Å². The lowest BCUT2D eigenvalue weighted by Crippen LogP contribution is -2.42. The van der Waals surface area contributed by atoms with Crippen molar-refractivity contribution in [3.63, 3.8) is 0 Å². The summed E-state index contributed by atoms with van der Waals surface area (Å²) in [4.78, 5) is 10.3. The molecule has 0 saturated carbocycles. The number of aliphatic carboxylic acids is 1. The van der Waals surface area contributed by atoms with Crippen LogP contribution in [-0.4, -0.2) is 37.0 Å². The number of carboxylic acids is 1. The summed E-state index contributed by atoms with van der Waals surface area (Å²) in [5.74, 6) is -0.942. The van der Waals surface area contributed by atoms with E-state index in [1.165, 1.54) is 0 Å². The molecule has 0 aromatic heterocycles. The molecule has 1 aliphatic rings. The maximum Gasteiger partial charge on any atom is 0.320 e. The van der Waals surface area contributed by atoms with Gasteiger partial charge in [-0.25, -0.2) is 8.42 Å². The molecule has 70 valence electrons. The van der Waals surface area contributed by atoms with Gasteiger partial charge >= 0.3 is 5.97 Å². The Kier molecular flexibility index (Phi) is 2.39. The Hall–Kier alpha value is -0.620. The van der Waals surface area contributed by atoms with Crippen LogP contribution in [0.5, 0.6) is 0 Å². The molecule has 0 amide bonds. The van der Waals surface area contributed by atoms with Crippen LogP contribution in [0.1, 0.15) is 6.42 Å². The topological polar surface area (TPSA) is 97.5 Å². The molecule has 0 aromatic rings. The van der Waals surface area contributed by atoms with Gasteiger partial charge in [0.15, 0.2) is 9.84 Å². The highest BCUT2D eigenvalue weighted by molar-refractivity contribution is 7.92. The van der Waals surface area contributed by atoms with Crippen molar-refractivity contribution in [3.05, 3.63) is 0 Å². The molecule has 0 bridgehead atoms. The van der Waals surface area contributed by atoms with E-state index in [1.807, 2.05) is 0 Å². The Labute approximate surface area is 70.5 Å². The second-order valence-electron chi connectivity index (χ2n) is 3.12. The molecule has 6 heteroatoms. The minimum Gasteiger partial charge on any atom is -0.480 e.